The van der Waals surface area contributed by atoms with E-state index in [4.69, 9.17) is 11.6 Å². The molecule has 2 atom stereocenters. The van der Waals surface area contributed by atoms with Crippen molar-refractivity contribution in [3.63, 3.8) is 0 Å². The molecule has 2 aliphatic rings. The van der Waals surface area contributed by atoms with Crippen molar-refractivity contribution in [1.29, 1.82) is 0 Å². The molecule has 5 nitrogen and oxygen atoms in total. The molecule has 1 aliphatic heterocycles. The van der Waals surface area contributed by atoms with Gasteiger partial charge in [0, 0.05) is 17.1 Å². The summed E-state index contributed by atoms with van der Waals surface area (Å²) in [5.41, 5.74) is 1.97. The van der Waals surface area contributed by atoms with Crippen LogP contribution >= 0.6 is 11.6 Å². The van der Waals surface area contributed by atoms with Crippen LogP contribution in [-0.4, -0.2) is 17.7 Å². The Bertz CT molecular complexity index is 954. The minimum Gasteiger partial charge on any atom is -0.348 e. The van der Waals surface area contributed by atoms with Gasteiger partial charge in [0.05, 0.1) is 17.5 Å². The minimum absolute atomic E-state index is 0.198. The Morgan fingerprint density at radius 2 is 1.68 bits per heavy atom. The van der Waals surface area contributed by atoms with Gasteiger partial charge in [0.2, 0.25) is 11.8 Å². The molecule has 0 saturated carbocycles. The molecule has 0 aromatic heterocycles. The first kappa shape index (κ1) is 18.4. The zero-order valence-corrected chi connectivity index (χ0v) is 15.9. The fourth-order valence-electron chi connectivity index (χ4n) is 3.72. The first-order valence-electron chi connectivity index (χ1n) is 9.19. The van der Waals surface area contributed by atoms with E-state index in [1.54, 1.807) is 24.3 Å². The third-order valence-corrected chi connectivity index (χ3v) is 5.56. The van der Waals surface area contributed by atoms with Crippen molar-refractivity contribution in [1.82, 2.24) is 5.32 Å². The van der Waals surface area contributed by atoms with Crippen LogP contribution in [0.4, 0.5) is 5.69 Å². The maximum atomic E-state index is 12.7. The largest absolute Gasteiger partial charge is 0.348 e. The highest BCUT2D eigenvalue weighted by atomic mass is 35.5. The van der Waals surface area contributed by atoms with Gasteiger partial charge in [0.25, 0.3) is 5.91 Å². The molecular weight excluding hydrogens is 376 g/mol. The van der Waals surface area contributed by atoms with Crippen molar-refractivity contribution >= 4 is 35.0 Å². The monoisotopic (exact) mass is 394 g/mol. The predicted octanol–water partition coefficient (Wildman–Crippen LogP) is 3.64. The summed E-state index contributed by atoms with van der Waals surface area (Å²) in [6, 6.07) is 16.2. The Kier molecular flexibility index (Phi) is 5.01. The van der Waals surface area contributed by atoms with Gasteiger partial charge >= 0.3 is 0 Å². The molecule has 1 heterocycles. The molecule has 1 N–H and O–H groups in total. The fraction of sp³-hybridized carbons (Fsp3) is 0.227. The molecule has 0 spiro atoms. The van der Waals surface area contributed by atoms with Crippen LogP contribution in [0.1, 0.15) is 28.8 Å². The second-order valence-corrected chi connectivity index (χ2v) is 7.52. The van der Waals surface area contributed by atoms with E-state index in [0.717, 1.165) is 5.56 Å². The number of imide groups is 1. The maximum absolute atomic E-state index is 12.7. The number of nitrogens with zero attached hydrogens (tertiary/aromatic N) is 1. The number of nitrogens with one attached hydrogen (secondary N) is 1. The fourth-order valence-corrected chi connectivity index (χ4v) is 3.98. The Hall–Kier alpha value is -2.92. The molecule has 142 valence electrons. The average Bonchev–Trinajstić information content (AvgIpc) is 2.97. The summed E-state index contributed by atoms with van der Waals surface area (Å²) in [6.45, 7) is 0.432. The Morgan fingerprint density at radius 3 is 2.39 bits per heavy atom. The van der Waals surface area contributed by atoms with Crippen molar-refractivity contribution < 1.29 is 14.4 Å². The Balaban J connectivity index is 1.45. The van der Waals surface area contributed by atoms with Crippen molar-refractivity contribution in [2.75, 3.05) is 4.90 Å². The number of hydrogen-bond acceptors (Lipinski definition) is 3. The van der Waals surface area contributed by atoms with Crippen LogP contribution in [0.3, 0.4) is 0 Å². The average molecular weight is 395 g/mol. The molecule has 28 heavy (non-hydrogen) atoms. The molecule has 1 aliphatic carbocycles. The zero-order valence-electron chi connectivity index (χ0n) is 15.1. The number of anilines is 1. The molecular formula is C22H19ClN2O3. The lowest BCUT2D eigenvalue weighted by Gasteiger charge is -2.17. The lowest BCUT2D eigenvalue weighted by molar-refractivity contribution is -0.122. The number of rotatable bonds is 4. The van der Waals surface area contributed by atoms with Crippen LogP contribution in [0.2, 0.25) is 0 Å². The van der Waals surface area contributed by atoms with Crippen molar-refractivity contribution in [3.05, 3.63) is 76.8 Å². The first-order valence-corrected chi connectivity index (χ1v) is 9.57. The van der Waals surface area contributed by atoms with Gasteiger partial charge in [-0.15, -0.1) is 0 Å². The van der Waals surface area contributed by atoms with Crippen LogP contribution in [0.15, 0.2) is 65.7 Å². The van der Waals surface area contributed by atoms with Crippen LogP contribution < -0.4 is 10.2 Å². The molecule has 1 saturated heterocycles. The highest BCUT2D eigenvalue weighted by Crippen LogP contribution is 2.40. The van der Waals surface area contributed by atoms with Crippen molar-refractivity contribution in [2.45, 2.75) is 19.4 Å². The Morgan fingerprint density at radius 1 is 1.00 bits per heavy atom. The summed E-state index contributed by atoms with van der Waals surface area (Å²) in [7, 11) is 0. The van der Waals surface area contributed by atoms with E-state index < -0.39 is 0 Å². The highest BCUT2D eigenvalue weighted by molar-refractivity contribution is 6.30. The summed E-state index contributed by atoms with van der Waals surface area (Å²) in [5, 5.41) is 3.49. The van der Waals surface area contributed by atoms with Gasteiger partial charge in [0.1, 0.15) is 0 Å². The quantitative estimate of drug-likeness (QED) is 0.805. The lowest BCUT2D eigenvalue weighted by atomic mass is 9.85. The van der Waals surface area contributed by atoms with E-state index in [1.165, 1.54) is 4.90 Å². The molecule has 0 radical (unpaired) electrons. The summed E-state index contributed by atoms with van der Waals surface area (Å²) in [5.74, 6) is -1.36. The third-order valence-electron chi connectivity index (χ3n) is 5.25. The molecule has 2 unspecified atom stereocenters. The minimum atomic E-state index is -0.390. The number of halogens is 1. The van der Waals surface area contributed by atoms with E-state index in [0.29, 0.717) is 35.7 Å². The third kappa shape index (κ3) is 3.45. The predicted molar refractivity (Wildman–Crippen MR) is 107 cm³/mol. The van der Waals surface area contributed by atoms with Gasteiger partial charge in [-0.25, -0.2) is 0 Å². The standard InChI is InChI=1S/C22H19ClN2O3/c23-16-8-11-18-19(12-16)22(28)25(21(18)27)17-9-6-15(7-10-17)20(26)24-13-14-4-2-1-3-5-14/h1-10,18-19H,11-13H2,(H,24,26). The van der Waals surface area contributed by atoms with E-state index in [1.807, 2.05) is 36.4 Å². The molecule has 4 rings (SSSR count). The van der Waals surface area contributed by atoms with Crippen LogP contribution in [0.5, 0.6) is 0 Å². The zero-order chi connectivity index (χ0) is 19.7. The number of hydrogen-bond donors (Lipinski definition) is 1. The highest BCUT2D eigenvalue weighted by Gasteiger charge is 2.48. The lowest BCUT2D eigenvalue weighted by Crippen LogP contribution is -2.31. The molecule has 2 aromatic carbocycles. The second kappa shape index (κ2) is 7.60. The number of fused-ring (bicyclic) bond motifs is 1. The van der Waals surface area contributed by atoms with Gasteiger partial charge in [0.15, 0.2) is 0 Å². The Labute approximate surface area is 168 Å². The summed E-state index contributed by atoms with van der Waals surface area (Å²) < 4.78 is 0. The van der Waals surface area contributed by atoms with Crippen molar-refractivity contribution in [3.8, 4) is 0 Å². The molecule has 3 amide bonds. The number of allylic oxidation sites excluding steroid dienone is 2. The summed E-state index contributed by atoms with van der Waals surface area (Å²) >= 11 is 6.05. The smallest absolute Gasteiger partial charge is 0.251 e. The molecule has 0 bridgehead atoms. The number of benzene rings is 2. The molecule has 2 aromatic rings. The number of amides is 3. The molecule has 1 fully saturated rings. The van der Waals surface area contributed by atoms with Gasteiger partial charge in [-0.3, -0.25) is 19.3 Å². The van der Waals surface area contributed by atoms with Gasteiger partial charge in [-0.1, -0.05) is 48.0 Å². The first-order chi connectivity index (χ1) is 13.5. The van der Waals surface area contributed by atoms with Crippen LogP contribution in [-0.2, 0) is 16.1 Å². The summed E-state index contributed by atoms with van der Waals surface area (Å²) in [6.07, 6.45) is 2.72. The van der Waals surface area contributed by atoms with E-state index in [-0.39, 0.29) is 29.6 Å². The second-order valence-electron chi connectivity index (χ2n) is 7.03. The van der Waals surface area contributed by atoms with Crippen LogP contribution in [0, 0.1) is 11.8 Å². The van der Waals surface area contributed by atoms with Gasteiger partial charge < -0.3 is 5.32 Å². The van der Waals surface area contributed by atoms with E-state index in [2.05, 4.69) is 5.32 Å². The van der Waals surface area contributed by atoms with Gasteiger partial charge in [-0.2, -0.15) is 0 Å². The van der Waals surface area contributed by atoms with Gasteiger partial charge in [-0.05, 0) is 42.7 Å². The number of carbonyl (C=O) groups is 3. The van der Waals surface area contributed by atoms with Crippen molar-refractivity contribution in [2.24, 2.45) is 11.8 Å². The van der Waals surface area contributed by atoms with Crippen LogP contribution in [0.25, 0.3) is 0 Å². The van der Waals surface area contributed by atoms with E-state index >= 15 is 0 Å². The normalized spacial score (nSPS) is 21.3. The topological polar surface area (TPSA) is 66.5 Å². The van der Waals surface area contributed by atoms with E-state index in [9.17, 15) is 14.4 Å². The SMILES string of the molecule is O=C(NCc1ccccc1)c1ccc(N2C(=O)C3CC=C(Cl)CC3C2=O)cc1. The summed E-state index contributed by atoms with van der Waals surface area (Å²) in [4.78, 5) is 39.0. The maximum Gasteiger partial charge on any atom is 0.251 e. The number of carbonyl (C=O) groups excluding carboxylic acids is 3. The molecule has 6 heteroatoms.